The fraction of sp³-hybridized carbons (Fsp3) is 0.229. The number of rotatable bonds is 13. The van der Waals surface area contributed by atoms with Gasteiger partial charge in [-0.1, -0.05) is 110 Å². The summed E-state index contributed by atoms with van der Waals surface area (Å²) in [5.74, 6) is 0.367. The molecule has 0 saturated heterocycles. The molecule has 1 heterocycles. The molecule has 3 aromatic carbocycles. The van der Waals surface area contributed by atoms with Gasteiger partial charge in [-0.15, -0.1) is 0 Å². The molecule has 2 nitrogen and oxygen atoms in total. The van der Waals surface area contributed by atoms with E-state index in [1.807, 2.05) is 12.4 Å². The van der Waals surface area contributed by atoms with Gasteiger partial charge in [-0.25, -0.2) is 0 Å². The smallest absolute Gasteiger partial charge is 0.0325 e. The van der Waals surface area contributed by atoms with Crippen LogP contribution in [0.2, 0.25) is 0 Å². The van der Waals surface area contributed by atoms with Crippen LogP contribution in [0.4, 0.5) is 0 Å². The van der Waals surface area contributed by atoms with E-state index in [2.05, 4.69) is 138 Å². The summed E-state index contributed by atoms with van der Waals surface area (Å²) >= 11 is 0. The maximum absolute atomic E-state index is 4.16. The third kappa shape index (κ3) is 8.32. The van der Waals surface area contributed by atoms with Crippen molar-refractivity contribution in [3.63, 3.8) is 0 Å². The minimum Gasteiger partial charge on any atom is -0.372 e. The third-order valence-electron chi connectivity index (χ3n) is 6.76. The van der Waals surface area contributed by atoms with E-state index in [1.54, 1.807) is 0 Å². The molecule has 0 N–H and O–H groups in total. The average Bonchev–Trinajstić information content (AvgIpc) is 2.97. The van der Waals surface area contributed by atoms with Gasteiger partial charge in [0.15, 0.2) is 0 Å². The Kier molecular flexibility index (Phi) is 10.3. The average molecular weight is 487 g/mol. The van der Waals surface area contributed by atoms with E-state index < -0.39 is 0 Å². The Morgan fingerprint density at radius 3 is 1.95 bits per heavy atom. The predicted octanol–water partition coefficient (Wildman–Crippen LogP) is 8.55. The lowest BCUT2D eigenvalue weighted by Crippen LogP contribution is -2.26. The van der Waals surface area contributed by atoms with Crippen molar-refractivity contribution >= 4 is 6.08 Å². The largest absolute Gasteiger partial charge is 0.372 e. The van der Waals surface area contributed by atoms with Gasteiger partial charge in [-0.2, -0.15) is 0 Å². The van der Waals surface area contributed by atoms with Crippen LogP contribution < -0.4 is 0 Å². The van der Waals surface area contributed by atoms with Gasteiger partial charge in [0, 0.05) is 37.1 Å². The quantitative estimate of drug-likeness (QED) is 0.176. The Morgan fingerprint density at radius 1 is 0.757 bits per heavy atom. The molecule has 4 aromatic rings. The molecule has 4 rings (SSSR count). The van der Waals surface area contributed by atoms with Crippen molar-refractivity contribution in [3.8, 4) is 0 Å². The van der Waals surface area contributed by atoms with E-state index in [9.17, 15) is 0 Å². The standard InChI is InChI=1S/C35H38N2/c1-2-13-34(22-21-31-23-26-36-27-24-31)37(28-12-16-30-14-6-3-7-15-30)29-25-35(32-17-8-4-9-18-32)33-19-10-5-11-20-33/h3-11,13-15,17-24,26-27,35H,2,12,16,25,28-29H2,1H3/b22-21+,34-13-. The van der Waals surface area contributed by atoms with E-state index in [4.69, 9.17) is 0 Å². The second kappa shape index (κ2) is 14.6. The lowest BCUT2D eigenvalue weighted by molar-refractivity contribution is 0.336. The fourth-order valence-corrected chi connectivity index (χ4v) is 4.84. The van der Waals surface area contributed by atoms with Crippen molar-refractivity contribution in [2.75, 3.05) is 13.1 Å². The molecule has 0 aliphatic carbocycles. The van der Waals surface area contributed by atoms with Crippen LogP contribution in [0.3, 0.4) is 0 Å². The molecule has 0 spiro atoms. The number of benzene rings is 3. The molecule has 0 unspecified atom stereocenters. The normalized spacial score (nSPS) is 11.8. The van der Waals surface area contributed by atoms with Gasteiger partial charge in [0.1, 0.15) is 0 Å². The van der Waals surface area contributed by atoms with Crippen molar-refractivity contribution in [2.24, 2.45) is 0 Å². The maximum Gasteiger partial charge on any atom is 0.0325 e. The van der Waals surface area contributed by atoms with Gasteiger partial charge < -0.3 is 4.90 Å². The van der Waals surface area contributed by atoms with Gasteiger partial charge >= 0.3 is 0 Å². The number of allylic oxidation sites excluding steroid dienone is 2. The molecular formula is C35H38N2. The van der Waals surface area contributed by atoms with Gasteiger partial charge in [-0.3, -0.25) is 4.98 Å². The zero-order valence-electron chi connectivity index (χ0n) is 21.9. The molecule has 0 fully saturated rings. The SMILES string of the molecule is CC/C=C(/C=C/c1ccncc1)N(CCCc1ccccc1)CCC(c1ccccc1)c1ccccc1. The van der Waals surface area contributed by atoms with Gasteiger partial charge in [0.05, 0.1) is 0 Å². The second-order valence-corrected chi connectivity index (χ2v) is 9.39. The Labute approximate surface area is 223 Å². The number of pyridine rings is 1. The first-order valence-electron chi connectivity index (χ1n) is 13.5. The van der Waals surface area contributed by atoms with E-state index in [0.717, 1.165) is 38.8 Å². The summed E-state index contributed by atoms with van der Waals surface area (Å²) in [5.41, 5.74) is 6.64. The van der Waals surface area contributed by atoms with Crippen molar-refractivity contribution in [2.45, 2.75) is 38.5 Å². The summed E-state index contributed by atoms with van der Waals surface area (Å²) in [5, 5.41) is 0. The lowest BCUT2D eigenvalue weighted by atomic mass is 9.88. The zero-order valence-corrected chi connectivity index (χ0v) is 21.9. The molecular weight excluding hydrogens is 448 g/mol. The Balaban J connectivity index is 1.55. The third-order valence-corrected chi connectivity index (χ3v) is 6.76. The second-order valence-electron chi connectivity index (χ2n) is 9.39. The molecule has 0 amide bonds. The van der Waals surface area contributed by atoms with Crippen LogP contribution >= 0.6 is 0 Å². The summed E-state index contributed by atoms with van der Waals surface area (Å²) in [4.78, 5) is 6.75. The maximum atomic E-state index is 4.16. The molecule has 0 aliphatic rings. The van der Waals surface area contributed by atoms with Crippen molar-refractivity contribution in [3.05, 3.63) is 156 Å². The molecule has 2 heteroatoms. The number of hydrogen-bond acceptors (Lipinski definition) is 2. The number of hydrogen-bond donors (Lipinski definition) is 0. The molecule has 188 valence electrons. The predicted molar refractivity (Wildman–Crippen MR) is 157 cm³/mol. The molecule has 0 atom stereocenters. The van der Waals surface area contributed by atoms with E-state index >= 15 is 0 Å². The molecule has 0 bridgehead atoms. The highest BCUT2D eigenvalue weighted by Crippen LogP contribution is 2.29. The first-order valence-corrected chi connectivity index (χ1v) is 13.5. The fourth-order valence-electron chi connectivity index (χ4n) is 4.84. The zero-order chi connectivity index (χ0) is 25.5. The van der Waals surface area contributed by atoms with Crippen LogP contribution in [0, 0.1) is 0 Å². The summed E-state index contributed by atoms with van der Waals surface area (Å²) in [6, 6.07) is 36.8. The summed E-state index contributed by atoms with van der Waals surface area (Å²) < 4.78 is 0. The first kappa shape index (κ1) is 26.2. The highest BCUT2D eigenvalue weighted by molar-refractivity contribution is 5.51. The van der Waals surface area contributed by atoms with E-state index in [0.29, 0.717) is 5.92 Å². The highest BCUT2D eigenvalue weighted by atomic mass is 15.1. The number of aromatic nitrogens is 1. The molecule has 1 aromatic heterocycles. The van der Waals surface area contributed by atoms with Crippen molar-refractivity contribution in [1.29, 1.82) is 0 Å². The summed E-state index contributed by atoms with van der Waals surface area (Å²) in [6.07, 6.45) is 14.8. The lowest BCUT2D eigenvalue weighted by Gasteiger charge is -2.29. The van der Waals surface area contributed by atoms with Crippen molar-refractivity contribution < 1.29 is 0 Å². The van der Waals surface area contributed by atoms with Crippen LogP contribution in [0.15, 0.2) is 133 Å². The summed E-state index contributed by atoms with van der Waals surface area (Å²) in [6.45, 7) is 4.24. The van der Waals surface area contributed by atoms with Gasteiger partial charge in [0.25, 0.3) is 0 Å². The molecule has 37 heavy (non-hydrogen) atoms. The number of aryl methyl sites for hydroxylation is 1. The van der Waals surface area contributed by atoms with Crippen LogP contribution in [-0.4, -0.2) is 23.0 Å². The monoisotopic (exact) mass is 486 g/mol. The van der Waals surface area contributed by atoms with E-state index in [-0.39, 0.29) is 0 Å². The van der Waals surface area contributed by atoms with Gasteiger partial charge in [0.2, 0.25) is 0 Å². The van der Waals surface area contributed by atoms with Crippen molar-refractivity contribution in [1.82, 2.24) is 9.88 Å². The topological polar surface area (TPSA) is 16.1 Å². The van der Waals surface area contributed by atoms with Crippen LogP contribution in [0.25, 0.3) is 6.08 Å². The van der Waals surface area contributed by atoms with Gasteiger partial charge in [-0.05, 0) is 66.1 Å². The van der Waals surface area contributed by atoms with E-state index in [1.165, 1.54) is 28.0 Å². The Bertz CT molecular complexity index is 1180. The minimum absolute atomic E-state index is 0.367. The highest BCUT2D eigenvalue weighted by Gasteiger charge is 2.16. The minimum atomic E-state index is 0.367. The van der Waals surface area contributed by atoms with Crippen LogP contribution in [-0.2, 0) is 6.42 Å². The van der Waals surface area contributed by atoms with Crippen LogP contribution in [0.1, 0.15) is 54.4 Å². The first-order chi connectivity index (χ1) is 18.3. The molecule has 0 aliphatic heterocycles. The molecule has 0 radical (unpaired) electrons. The molecule has 0 saturated carbocycles. The Hall–Kier alpha value is -3.91. The Morgan fingerprint density at radius 2 is 1.35 bits per heavy atom. The summed E-state index contributed by atoms with van der Waals surface area (Å²) in [7, 11) is 0. The van der Waals surface area contributed by atoms with Crippen LogP contribution in [0.5, 0.6) is 0 Å². The number of nitrogens with zero attached hydrogens (tertiary/aromatic N) is 2.